The van der Waals surface area contributed by atoms with E-state index in [-0.39, 0.29) is 5.91 Å². The third kappa shape index (κ3) is 3.82. The van der Waals surface area contributed by atoms with Gasteiger partial charge in [-0.3, -0.25) is 4.79 Å². The van der Waals surface area contributed by atoms with E-state index in [2.05, 4.69) is 29.1 Å². The first-order valence-corrected chi connectivity index (χ1v) is 7.22. The molecule has 0 bridgehead atoms. The maximum atomic E-state index is 11.8. The molecule has 0 radical (unpaired) electrons. The van der Waals surface area contributed by atoms with Crippen LogP contribution in [0.3, 0.4) is 0 Å². The van der Waals surface area contributed by atoms with Crippen molar-refractivity contribution in [3.8, 4) is 0 Å². The Kier molecular flexibility index (Phi) is 4.57. The van der Waals surface area contributed by atoms with Gasteiger partial charge in [0.15, 0.2) is 0 Å². The van der Waals surface area contributed by atoms with Gasteiger partial charge in [-0.2, -0.15) is 11.3 Å². The van der Waals surface area contributed by atoms with Crippen LogP contribution in [0.15, 0.2) is 16.8 Å². The maximum absolute atomic E-state index is 11.8. The van der Waals surface area contributed by atoms with Gasteiger partial charge in [-0.25, -0.2) is 0 Å². The zero-order valence-corrected chi connectivity index (χ0v) is 11.1. The quantitative estimate of drug-likeness (QED) is 0.868. The first-order chi connectivity index (χ1) is 8.25. The highest BCUT2D eigenvalue weighted by atomic mass is 32.1. The third-order valence-corrected chi connectivity index (χ3v) is 3.91. The van der Waals surface area contributed by atoms with Gasteiger partial charge in [0.25, 0.3) is 0 Å². The van der Waals surface area contributed by atoms with Gasteiger partial charge in [-0.05, 0) is 48.6 Å². The average molecular weight is 252 g/mol. The highest BCUT2D eigenvalue weighted by molar-refractivity contribution is 7.07. The lowest BCUT2D eigenvalue weighted by Gasteiger charge is -2.18. The van der Waals surface area contributed by atoms with E-state index >= 15 is 0 Å². The standard InChI is InChI=1S/C13H20N2OS/c1-11(8-12-4-7-17-10-12)14-9-13(16)15-5-2-3-6-15/h4,7,10-11,14H,2-3,5-6,8-9H2,1H3. The van der Waals surface area contributed by atoms with Crippen LogP contribution in [-0.4, -0.2) is 36.5 Å². The number of carbonyl (C=O) groups excluding carboxylic acids is 1. The molecule has 0 aromatic carbocycles. The van der Waals surface area contributed by atoms with E-state index in [9.17, 15) is 4.79 Å². The maximum Gasteiger partial charge on any atom is 0.236 e. The van der Waals surface area contributed by atoms with Crippen LogP contribution in [0.1, 0.15) is 25.3 Å². The lowest BCUT2D eigenvalue weighted by atomic mass is 10.1. The van der Waals surface area contributed by atoms with Crippen LogP contribution in [0.4, 0.5) is 0 Å². The van der Waals surface area contributed by atoms with Crippen molar-refractivity contribution in [1.82, 2.24) is 10.2 Å². The Morgan fingerprint density at radius 1 is 1.53 bits per heavy atom. The molecule has 1 N–H and O–H groups in total. The molecule has 94 valence electrons. The molecule has 1 aliphatic heterocycles. The van der Waals surface area contributed by atoms with E-state index in [1.807, 2.05) is 4.90 Å². The van der Waals surface area contributed by atoms with Crippen molar-refractivity contribution < 1.29 is 4.79 Å². The van der Waals surface area contributed by atoms with Crippen LogP contribution in [-0.2, 0) is 11.2 Å². The molecule has 0 aliphatic carbocycles. The molecule has 2 rings (SSSR count). The molecule has 2 heterocycles. The zero-order chi connectivity index (χ0) is 12.1. The summed E-state index contributed by atoms with van der Waals surface area (Å²) in [4.78, 5) is 13.8. The lowest BCUT2D eigenvalue weighted by Crippen LogP contribution is -2.40. The fourth-order valence-electron chi connectivity index (χ4n) is 2.17. The minimum absolute atomic E-state index is 0.250. The van der Waals surface area contributed by atoms with Gasteiger partial charge in [0.05, 0.1) is 6.54 Å². The van der Waals surface area contributed by atoms with Crippen LogP contribution in [0.5, 0.6) is 0 Å². The van der Waals surface area contributed by atoms with Crippen LogP contribution in [0, 0.1) is 0 Å². The Hall–Kier alpha value is -0.870. The molecule has 1 fully saturated rings. The number of amides is 1. The molecule has 1 aliphatic rings. The van der Waals surface area contributed by atoms with E-state index in [4.69, 9.17) is 0 Å². The minimum Gasteiger partial charge on any atom is -0.342 e. The molecular weight excluding hydrogens is 232 g/mol. The van der Waals surface area contributed by atoms with Gasteiger partial charge in [-0.15, -0.1) is 0 Å². The predicted molar refractivity (Wildman–Crippen MR) is 71.3 cm³/mol. The Morgan fingerprint density at radius 3 is 2.94 bits per heavy atom. The number of hydrogen-bond acceptors (Lipinski definition) is 3. The van der Waals surface area contributed by atoms with Crippen LogP contribution >= 0.6 is 11.3 Å². The molecule has 1 saturated heterocycles. The van der Waals surface area contributed by atoms with Crippen LogP contribution in [0.25, 0.3) is 0 Å². The van der Waals surface area contributed by atoms with Gasteiger partial charge in [0, 0.05) is 19.1 Å². The smallest absolute Gasteiger partial charge is 0.236 e. The van der Waals surface area contributed by atoms with Crippen molar-refractivity contribution in [1.29, 1.82) is 0 Å². The third-order valence-electron chi connectivity index (χ3n) is 3.18. The Balaban J connectivity index is 1.68. The Labute approximate surface area is 107 Å². The SMILES string of the molecule is CC(Cc1ccsc1)NCC(=O)N1CCCC1. The second kappa shape index (κ2) is 6.17. The summed E-state index contributed by atoms with van der Waals surface area (Å²) in [6.45, 7) is 4.50. The number of thiophene rings is 1. The van der Waals surface area contributed by atoms with Gasteiger partial charge < -0.3 is 10.2 Å². The van der Waals surface area contributed by atoms with E-state index in [0.29, 0.717) is 12.6 Å². The highest BCUT2D eigenvalue weighted by Crippen LogP contribution is 2.09. The first-order valence-electron chi connectivity index (χ1n) is 6.28. The van der Waals surface area contributed by atoms with Gasteiger partial charge in [0.1, 0.15) is 0 Å². The molecule has 1 unspecified atom stereocenters. The van der Waals surface area contributed by atoms with E-state index in [1.165, 1.54) is 5.56 Å². The lowest BCUT2D eigenvalue weighted by molar-refractivity contribution is -0.129. The highest BCUT2D eigenvalue weighted by Gasteiger charge is 2.17. The topological polar surface area (TPSA) is 32.3 Å². The van der Waals surface area contributed by atoms with Gasteiger partial charge in [0.2, 0.25) is 5.91 Å². The Bertz CT molecular complexity index is 344. The molecular formula is C13H20N2OS. The normalized spacial score (nSPS) is 17.4. The molecule has 1 atom stereocenters. The van der Waals surface area contributed by atoms with Gasteiger partial charge in [-0.1, -0.05) is 0 Å². The second-order valence-electron chi connectivity index (χ2n) is 4.71. The number of nitrogens with zero attached hydrogens (tertiary/aromatic N) is 1. The molecule has 0 spiro atoms. The summed E-state index contributed by atoms with van der Waals surface area (Å²) in [7, 11) is 0. The van der Waals surface area contributed by atoms with E-state index < -0.39 is 0 Å². The van der Waals surface area contributed by atoms with Crippen molar-refractivity contribution in [3.63, 3.8) is 0 Å². The molecule has 1 aromatic rings. The number of carbonyl (C=O) groups is 1. The second-order valence-corrected chi connectivity index (χ2v) is 5.49. The fraction of sp³-hybridized carbons (Fsp3) is 0.615. The molecule has 1 amide bonds. The average Bonchev–Trinajstić information content (AvgIpc) is 2.97. The first kappa shape index (κ1) is 12.6. The summed E-state index contributed by atoms with van der Waals surface area (Å²) >= 11 is 1.72. The molecule has 17 heavy (non-hydrogen) atoms. The summed E-state index contributed by atoms with van der Waals surface area (Å²) in [6, 6.07) is 2.50. The van der Waals surface area contributed by atoms with Crippen molar-refractivity contribution in [2.75, 3.05) is 19.6 Å². The zero-order valence-electron chi connectivity index (χ0n) is 10.3. The molecule has 4 heteroatoms. The summed E-state index contributed by atoms with van der Waals surface area (Å²) in [5.74, 6) is 0.250. The fourth-order valence-corrected chi connectivity index (χ4v) is 2.86. The summed E-state index contributed by atoms with van der Waals surface area (Å²) in [6.07, 6.45) is 3.32. The predicted octanol–water partition coefficient (Wildman–Crippen LogP) is 1.89. The van der Waals surface area contributed by atoms with Crippen molar-refractivity contribution in [2.24, 2.45) is 0 Å². The monoisotopic (exact) mass is 252 g/mol. The number of likely N-dealkylation sites (tertiary alicyclic amines) is 1. The van der Waals surface area contributed by atoms with Gasteiger partial charge >= 0.3 is 0 Å². The molecule has 0 saturated carbocycles. The number of rotatable bonds is 5. The minimum atomic E-state index is 0.250. The largest absolute Gasteiger partial charge is 0.342 e. The number of hydrogen-bond donors (Lipinski definition) is 1. The summed E-state index contributed by atoms with van der Waals surface area (Å²) < 4.78 is 0. The number of nitrogens with one attached hydrogen (secondary N) is 1. The molecule has 3 nitrogen and oxygen atoms in total. The van der Waals surface area contributed by atoms with Crippen molar-refractivity contribution in [3.05, 3.63) is 22.4 Å². The van der Waals surface area contributed by atoms with Crippen molar-refractivity contribution in [2.45, 2.75) is 32.2 Å². The molecule has 1 aromatic heterocycles. The van der Waals surface area contributed by atoms with E-state index in [1.54, 1.807) is 11.3 Å². The summed E-state index contributed by atoms with van der Waals surface area (Å²) in [5, 5.41) is 7.57. The van der Waals surface area contributed by atoms with Crippen LogP contribution < -0.4 is 5.32 Å². The van der Waals surface area contributed by atoms with Crippen molar-refractivity contribution >= 4 is 17.2 Å². The van der Waals surface area contributed by atoms with E-state index in [0.717, 1.165) is 32.4 Å². The summed E-state index contributed by atoms with van der Waals surface area (Å²) in [5.41, 5.74) is 1.35. The van der Waals surface area contributed by atoms with Crippen LogP contribution in [0.2, 0.25) is 0 Å². The Morgan fingerprint density at radius 2 is 2.29 bits per heavy atom.